The molecule has 0 aliphatic carbocycles. The highest BCUT2D eigenvalue weighted by molar-refractivity contribution is 6.05. The van der Waals surface area contributed by atoms with Gasteiger partial charge < -0.3 is 9.80 Å². The van der Waals surface area contributed by atoms with Crippen molar-refractivity contribution in [1.82, 2.24) is 9.80 Å². The highest BCUT2D eigenvalue weighted by Gasteiger charge is 2.30. The molecule has 0 spiro atoms. The summed E-state index contributed by atoms with van der Waals surface area (Å²) in [5.41, 5.74) is 0. The number of likely N-dealkylation sites (tertiary alicyclic amines) is 2. The fourth-order valence-corrected chi connectivity index (χ4v) is 2.29. The topological polar surface area (TPSA) is 40.6 Å². The van der Waals surface area contributed by atoms with Gasteiger partial charge in [-0.15, -0.1) is 0 Å². The number of carbonyl (C=O) groups excluding carboxylic acids is 2. The molecule has 2 heterocycles. The summed E-state index contributed by atoms with van der Waals surface area (Å²) in [6, 6.07) is 0. The van der Waals surface area contributed by atoms with Crippen molar-refractivity contribution in [3.05, 3.63) is 0 Å². The van der Waals surface area contributed by atoms with Crippen LogP contribution in [-0.4, -0.2) is 54.7 Å². The molecule has 0 aromatic heterocycles. The van der Waals surface area contributed by atoms with Gasteiger partial charge in [0.2, 0.25) is 5.91 Å². The molecule has 2 saturated heterocycles. The lowest BCUT2D eigenvalue weighted by atomic mass is 10.1. The quantitative estimate of drug-likeness (QED) is 0.571. The molecule has 0 N–H and O–H groups in total. The Bertz CT molecular complexity index is 265. The monoisotopic (exact) mass is 196 g/mol. The first kappa shape index (κ1) is 9.65. The van der Waals surface area contributed by atoms with E-state index < -0.39 is 0 Å². The number of hydrogen-bond acceptors (Lipinski definition) is 3. The van der Waals surface area contributed by atoms with Gasteiger partial charge in [0.1, 0.15) is 0 Å². The maximum Gasteiger partial charge on any atom is 0.230 e. The molecule has 0 radical (unpaired) electrons. The fourth-order valence-electron chi connectivity index (χ4n) is 2.29. The van der Waals surface area contributed by atoms with Crippen LogP contribution >= 0.6 is 0 Å². The smallest absolute Gasteiger partial charge is 0.230 e. The van der Waals surface area contributed by atoms with E-state index in [0.717, 1.165) is 26.1 Å². The highest BCUT2D eigenvalue weighted by Crippen LogP contribution is 2.18. The van der Waals surface area contributed by atoms with Gasteiger partial charge in [-0.2, -0.15) is 0 Å². The molecule has 2 aliphatic heterocycles. The molecule has 14 heavy (non-hydrogen) atoms. The van der Waals surface area contributed by atoms with Gasteiger partial charge >= 0.3 is 0 Å². The number of ketones is 1. The van der Waals surface area contributed by atoms with E-state index in [9.17, 15) is 9.59 Å². The molecule has 0 saturated carbocycles. The Morgan fingerprint density at radius 3 is 2.71 bits per heavy atom. The predicted molar refractivity (Wildman–Crippen MR) is 51.8 cm³/mol. The van der Waals surface area contributed by atoms with Crippen LogP contribution in [0.5, 0.6) is 0 Å². The molecular formula is C10H16N2O2. The Morgan fingerprint density at radius 2 is 2.21 bits per heavy atom. The van der Waals surface area contributed by atoms with Crippen molar-refractivity contribution in [2.45, 2.75) is 12.8 Å². The van der Waals surface area contributed by atoms with Crippen molar-refractivity contribution in [2.24, 2.45) is 5.92 Å². The van der Waals surface area contributed by atoms with E-state index in [-0.39, 0.29) is 18.1 Å². The van der Waals surface area contributed by atoms with Gasteiger partial charge in [0, 0.05) is 13.1 Å². The third-order valence-electron chi connectivity index (χ3n) is 3.04. The summed E-state index contributed by atoms with van der Waals surface area (Å²) >= 11 is 0. The summed E-state index contributed by atoms with van der Waals surface area (Å²) < 4.78 is 0. The molecule has 4 nitrogen and oxygen atoms in total. The summed E-state index contributed by atoms with van der Waals surface area (Å²) in [5, 5.41) is 0. The van der Waals surface area contributed by atoms with Crippen LogP contribution in [0, 0.1) is 5.92 Å². The Balaban J connectivity index is 1.86. The van der Waals surface area contributed by atoms with E-state index >= 15 is 0 Å². The van der Waals surface area contributed by atoms with Gasteiger partial charge in [-0.1, -0.05) is 0 Å². The number of hydrogen-bond donors (Lipinski definition) is 0. The van der Waals surface area contributed by atoms with Gasteiger partial charge in [-0.3, -0.25) is 9.59 Å². The maximum atomic E-state index is 11.3. The van der Waals surface area contributed by atoms with E-state index in [1.807, 2.05) is 0 Å². The second-order valence-corrected chi connectivity index (χ2v) is 4.41. The summed E-state index contributed by atoms with van der Waals surface area (Å²) in [6.07, 6.45) is 1.27. The van der Waals surface area contributed by atoms with Crippen molar-refractivity contribution in [2.75, 3.05) is 33.2 Å². The SMILES string of the molecule is CN1CCC(CN2CC(=O)CC2=O)C1. The van der Waals surface area contributed by atoms with Gasteiger partial charge in [0.05, 0.1) is 13.0 Å². The lowest BCUT2D eigenvalue weighted by Gasteiger charge is -2.19. The number of carbonyl (C=O) groups is 2. The maximum absolute atomic E-state index is 11.3. The minimum atomic E-state index is 0.0181. The van der Waals surface area contributed by atoms with Gasteiger partial charge in [0.15, 0.2) is 5.78 Å². The van der Waals surface area contributed by atoms with Crippen molar-refractivity contribution in [1.29, 1.82) is 0 Å². The average molecular weight is 196 g/mol. The van der Waals surface area contributed by atoms with Gasteiger partial charge in [-0.05, 0) is 25.9 Å². The molecule has 1 unspecified atom stereocenters. The normalized spacial score (nSPS) is 29.2. The van der Waals surface area contributed by atoms with Crippen molar-refractivity contribution in [3.8, 4) is 0 Å². The van der Waals surface area contributed by atoms with E-state index in [2.05, 4.69) is 11.9 Å². The lowest BCUT2D eigenvalue weighted by molar-refractivity contribution is -0.128. The number of amides is 1. The van der Waals surface area contributed by atoms with Crippen LogP contribution in [0.3, 0.4) is 0 Å². The van der Waals surface area contributed by atoms with Crippen LogP contribution in [0.25, 0.3) is 0 Å². The summed E-state index contributed by atoms with van der Waals surface area (Å²) in [5.74, 6) is 0.653. The first-order valence-corrected chi connectivity index (χ1v) is 5.13. The van der Waals surface area contributed by atoms with Gasteiger partial charge in [0.25, 0.3) is 0 Å². The van der Waals surface area contributed by atoms with E-state index in [1.54, 1.807) is 4.90 Å². The molecule has 4 heteroatoms. The first-order chi connectivity index (χ1) is 6.65. The van der Waals surface area contributed by atoms with Crippen LogP contribution in [0.2, 0.25) is 0 Å². The Morgan fingerprint density at radius 1 is 1.43 bits per heavy atom. The summed E-state index contributed by atoms with van der Waals surface area (Å²) in [4.78, 5) is 26.4. The minimum Gasteiger partial charge on any atom is -0.335 e. The zero-order valence-electron chi connectivity index (χ0n) is 8.53. The van der Waals surface area contributed by atoms with Crippen molar-refractivity contribution >= 4 is 11.7 Å². The molecule has 2 aliphatic rings. The summed E-state index contributed by atoms with van der Waals surface area (Å²) in [6.45, 7) is 3.28. The fraction of sp³-hybridized carbons (Fsp3) is 0.800. The molecule has 2 fully saturated rings. The minimum absolute atomic E-state index is 0.0181. The first-order valence-electron chi connectivity index (χ1n) is 5.13. The van der Waals surface area contributed by atoms with Crippen molar-refractivity contribution in [3.63, 3.8) is 0 Å². The molecule has 0 aromatic carbocycles. The Kier molecular flexibility index (Phi) is 2.54. The standard InChI is InChI=1S/C10H16N2O2/c1-11-3-2-8(5-11)6-12-7-9(13)4-10(12)14/h8H,2-7H2,1H3. The third-order valence-corrected chi connectivity index (χ3v) is 3.04. The summed E-state index contributed by atoms with van der Waals surface area (Å²) in [7, 11) is 2.09. The van der Waals surface area contributed by atoms with E-state index in [4.69, 9.17) is 0 Å². The molecule has 0 bridgehead atoms. The predicted octanol–water partition coefficient (Wildman–Crippen LogP) is -0.261. The zero-order valence-corrected chi connectivity index (χ0v) is 8.53. The van der Waals surface area contributed by atoms with Gasteiger partial charge in [-0.25, -0.2) is 0 Å². The van der Waals surface area contributed by atoms with Crippen LogP contribution in [0.4, 0.5) is 0 Å². The molecule has 78 valence electrons. The molecule has 0 aromatic rings. The second kappa shape index (κ2) is 3.69. The molecule has 1 atom stereocenters. The Hall–Kier alpha value is -0.900. The third kappa shape index (κ3) is 1.95. The number of Topliss-reactive ketones (excluding diaryl/α,β-unsaturated/α-hetero) is 1. The highest BCUT2D eigenvalue weighted by atomic mass is 16.2. The average Bonchev–Trinajstić information content (AvgIpc) is 2.61. The number of nitrogens with zero attached hydrogens (tertiary/aromatic N) is 2. The largest absolute Gasteiger partial charge is 0.335 e. The van der Waals surface area contributed by atoms with Crippen LogP contribution < -0.4 is 0 Å². The lowest BCUT2D eigenvalue weighted by Crippen LogP contribution is -2.32. The number of rotatable bonds is 2. The van der Waals surface area contributed by atoms with E-state index in [0.29, 0.717) is 12.5 Å². The van der Waals surface area contributed by atoms with Crippen LogP contribution in [0.1, 0.15) is 12.8 Å². The Labute approximate surface area is 83.9 Å². The second-order valence-electron chi connectivity index (χ2n) is 4.41. The molecular weight excluding hydrogens is 180 g/mol. The van der Waals surface area contributed by atoms with Crippen LogP contribution in [0.15, 0.2) is 0 Å². The molecule has 2 rings (SSSR count). The van der Waals surface area contributed by atoms with Crippen molar-refractivity contribution < 1.29 is 9.59 Å². The zero-order chi connectivity index (χ0) is 10.1. The van der Waals surface area contributed by atoms with Crippen LogP contribution in [-0.2, 0) is 9.59 Å². The van der Waals surface area contributed by atoms with E-state index in [1.165, 1.54) is 0 Å². The molecule has 1 amide bonds.